The van der Waals surface area contributed by atoms with E-state index in [1.54, 1.807) is 0 Å². The molecule has 0 amide bonds. The second kappa shape index (κ2) is 33.4. The van der Waals surface area contributed by atoms with Gasteiger partial charge in [0.1, 0.15) is 30.5 Å². The van der Waals surface area contributed by atoms with Crippen LogP contribution in [0.25, 0.3) is 0 Å². The average Bonchev–Trinajstić information content (AvgIpc) is 3.15. The first-order chi connectivity index (χ1) is 26.6. The van der Waals surface area contributed by atoms with Gasteiger partial charge in [0, 0.05) is 13.0 Å². The Kier molecular flexibility index (Phi) is 30.6. The lowest BCUT2D eigenvalue weighted by Crippen LogP contribution is -2.60. The number of rotatable bonds is 32. The monoisotopic (exact) mass is 796 g/mol. The van der Waals surface area contributed by atoms with Gasteiger partial charge in [-0.15, -0.1) is 0 Å². The smallest absolute Gasteiger partial charge is 0.397 e. The van der Waals surface area contributed by atoms with Crippen molar-refractivity contribution in [2.24, 2.45) is 0 Å². The van der Waals surface area contributed by atoms with Crippen molar-refractivity contribution in [1.29, 1.82) is 0 Å². The molecule has 0 aliphatic carbocycles. The van der Waals surface area contributed by atoms with Crippen molar-refractivity contribution < 1.29 is 56.2 Å². The molecule has 4 N–H and O–H groups in total. The molecule has 6 unspecified atom stereocenters. The Morgan fingerprint density at radius 1 is 0.709 bits per heavy atom. The van der Waals surface area contributed by atoms with E-state index in [0.29, 0.717) is 13.0 Å². The Balaban J connectivity index is 2.36. The SMILES string of the molecule is CC/C=C\C/C=C\C/C=C\C/C=C\C/C=C\C/C=C\C/C=C\CCCCOCC(COC1OC(CO)C(O)C(OS(=O)(=O)O)C1O)OC(=O)CCCCCC. The van der Waals surface area contributed by atoms with Crippen LogP contribution in [0.2, 0.25) is 0 Å². The van der Waals surface area contributed by atoms with E-state index in [9.17, 15) is 28.5 Å². The van der Waals surface area contributed by atoms with E-state index in [2.05, 4.69) is 103 Å². The van der Waals surface area contributed by atoms with Gasteiger partial charge in [-0.05, 0) is 70.6 Å². The maximum absolute atomic E-state index is 12.5. The summed E-state index contributed by atoms with van der Waals surface area (Å²) in [5.41, 5.74) is 0. The zero-order valence-electron chi connectivity index (χ0n) is 32.9. The van der Waals surface area contributed by atoms with Gasteiger partial charge in [0.05, 0.1) is 19.8 Å². The van der Waals surface area contributed by atoms with E-state index in [-0.39, 0.29) is 19.6 Å². The molecule has 0 aromatic heterocycles. The van der Waals surface area contributed by atoms with Crippen LogP contribution in [0.3, 0.4) is 0 Å². The van der Waals surface area contributed by atoms with Crippen molar-refractivity contribution in [3.8, 4) is 0 Å². The van der Waals surface area contributed by atoms with Crippen LogP contribution in [0, 0.1) is 0 Å². The fraction of sp³-hybridized carbons (Fsp3) is 0.643. The molecule has 1 fully saturated rings. The molecule has 1 rings (SSSR count). The fourth-order valence-electron chi connectivity index (χ4n) is 5.30. The number of hydrogen-bond acceptors (Lipinski definition) is 11. The average molecular weight is 797 g/mol. The Hall–Kier alpha value is -2.72. The lowest BCUT2D eigenvalue weighted by Gasteiger charge is -2.41. The van der Waals surface area contributed by atoms with E-state index in [4.69, 9.17) is 23.5 Å². The molecule has 1 heterocycles. The molecule has 1 aliphatic rings. The molecule has 0 aromatic carbocycles. The van der Waals surface area contributed by atoms with Crippen LogP contribution < -0.4 is 0 Å². The highest BCUT2D eigenvalue weighted by Gasteiger charge is 2.48. The van der Waals surface area contributed by atoms with E-state index in [1.807, 2.05) is 0 Å². The molecule has 0 radical (unpaired) electrons. The summed E-state index contributed by atoms with van der Waals surface area (Å²) in [5, 5.41) is 30.4. The van der Waals surface area contributed by atoms with Crippen LogP contribution >= 0.6 is 0 Å². The minimum absolute atomic E-state index is 0.000953. The summed E-state index contributed by atoms with van der Waals surface area (Å²) in [5.74, 6) is -0.438. The summed E-state index contributed by atoms with van der Waals surface area (Å²) < 4.78 is 58.4. The van der Waals surface area contributed by atoms with Crippen molar-refractivity contribution in [2.75, 3.05) is 26.4 Å². The first-order valence-corrected chi connectivity index (χ1v) is 21.2. The third-order valence-electron chi connectivity index (χ3n) is 8.28. The number of unbranched alkanes of at least 4 members (excludes halogenated alkanes) is 5. The van der Waals surface area contributed by atoms with Crippen molar-refractivity contribution in [3.63, 3.8) is 0 Å². The van der Waals surface area contributed by atoms with Gasteiger partial charge >= 0.3 is 16.4 Å². The van der Waals surface area contributed by atoms with E-state index < -0.39 is 59.8 Å². The van der Waals surface area contributed by atoms with Crippen molar-refractivity contribution in [2.45, 2.75) is 147 Å². The van der Waals surface area contributed by atoms with E-state index >= 15 is 0 Å². The second-order valence-electron chi connectivity index (χ2n) is 13.1. The third-order valence-corrected chi connectivity index (χ3v) is 8.75. The van der Waals surface area contributed by atoms with Crippen LogP contribution in [0.5, 0.6) is 0 Å². The summed E-state index contributed by atoms with van der Waals surface area (Å²) in [7, 11) is -5.06. The Labute approximate surface area is 330 Å². The zero-order valence-corrected chi connectivity index (χ0v) is 33.8. The Morgan fingerprint density at radius 2 is 1.25 bits per heavy atom. The molecule has 55 heavy (non-hydrogen) atoms. The zero-order chi connectivity index (χ0) is 40.4. The first-order valence-electron chi connectivity index (χ1n) is 19.8. The lowest BCUT2D eigenvalue weighted by atomic mass is 9.99. The molecule has 0 aromatic rings. The number of aliphatic hydroxyl groups is 3. The number of carbonyl (C=O) groups is 1. The predicted octanol–water partition coefficient (Wildman–Crippen LogP) is 7.34. The largest absolute Gasteiger partial charge is 0.457 e. The topological polar surface area (TPSA) is 178 Å². The van der Waals surface area contributed by atoms with Gasteiger partial charge in [0.15, 0.2) is 6.29 Å². The first kappa shape index (κ1) is 50.3. The van der Waals surface area contributed by atoms with Crippen molar-refractivity contribution >= 4 is 16.4 Å². The second-order valence-corrected chi connectivity index (χ2v) is 14.2. The number of esters is 1. The molecule has 314 valence electrons. The highest BCUT2D eigenvalue weighted by Crippen LogP contribution is 2.26. The molecule has 1 aliphatic heterocycles. The number of hydrogen-bond donors (Lipinski definition) is 4. The summed E-state index contributed by atoms with van der Waals surface area (Å²) >= 11 is 0. The van der Waals surface area contributed by atoms with Gasteiger partial charge < -0.3 is 34.3 Å². The van der Waals surface area contributed by atoms with Gasteiger partial charge in [-0.25, -0.2) is 4.18 Å². The predicted molar refractivity (Wildman–Crippen MR) is 215 cm³/mol. The highest BCUT2D eigenvalue weighted by atomic mass is 32.3. The highest BCUT2D eigenvalue weighted by molar-refractivity contribution is 7.80. The Bertz CT molecular complexity index is 1290. The van der Waals surface area contributed by atoms with Crippen LogP contribution in [0.4, 0.5) is 0 Å². The van der Waals surface area contributed by atoms with Gasteiger partial charge in [0.25, 0.3) is 0 Å². The summed E-state index contributed by atoms with van der Waals surface area (Å²) in [4.78, 5) is 12.5. The van der Waals surface area contributed by atoms with Crippen LogP contribution in [0.1, 0.15) is 110 Å². The van der Waals surface area contributed by atoms with Gasteiger partial charge in [0.2, 0.25) is 0 Å². The molecule has 0 bridgehead atoms. The van der Waals surface area contributed by atoms with Gasteiger partial charge in [-0.1, -0.05) is 118 Å². The minimum Gasteiger partial charge on any atom is -0.457 e. The maximum atomic E-state index is 12.5. The molecule has 1 saturated heterocycles. The third kappa shape index (κ3) is 27.5. The molecular weight excluding hydrogens is 729 g/mol. The number of ether oxygens (including phenoxy) is 4. The molecule has 6 atom stereocenters. The summed E-state index contributed by atoms with van der Waals surface area (Å²) in [6.07, 6.45) is 34.3. The minimum atomic E-state index is -5.06. The quantitative estimate of drug-likeness (QED) is 0.0231. The molecular formula is C42H68O12S. The number of allylic oxidation sites excluding steroid dienone is 14. The van der Waals surface area contributed by atoms with Crippen LogP contribution in [0.15, 0.2) is 85.1 Å². The maximum Gasteiger partial charge on any atom is 0.397 e. The number of carbonyl (C=O) groups excluding carboxylic acids is 1. The van der Waals surface area contributed by atoms with Crippen molar-refractivity contribution in [1.82, 2.24) is 0 Å². The standard InChI is InChI=1S/C42H68O12S/c1-3-5-7-9-10-11-12-13-14-15-16-17-18-19-20-21-22-23-24-25-26-27-28-30-32-50-34-36(52-38(44)31-29-8-6-4-2)35-51-42-40(46)41(54-55(47,48)49)39(45)37(33-43)53-42/h5,7,10-11,13-14,16-17,19-20,22-23,25-26,36-37,39-43,45-46H,3-4,6,8-9,12,15,18,21,24,27-35H2,1-2H3,(H,47,48,49)/b7-5-,11-10-,14-13-,17-16-,20-19-,23-22-,26-25-. The normalized spacial score (nSPS) is 21.9. The van der Waals surface area contributed by atoms with E-state index in [0.717, 1.165) is 83.5 Å². The molecule has 12 nitrogen and oxygen atoms in total. The Morgan fingerprint density at radius 3 is 1.76 bits per heavy atom. The molecule has 0 saturated carbocycles. The number of aliphatic hydroxyl groups excluding tert-OH is 3. The van der Waals surface area contributed by atoms with Crippen LogP contribution in [-0.2, 0) is 38.3 Å². The van der Waals surface area contributed by atoms with Gasteiger partial charge in [-0.2, -0.15) is 8.42 Å². The molecule has 0 spiro atoms. The lowest BCUT2D eigenvalue weighted by molar-refractivity contribution is -0.301. The van der Waals surface area contributed by atoms with Gasteiger partial charge in [-0.3, -0.25) is 9.35 Å². The van der Waals surface area contributed by atoms with Crippen LogP contribution in [-0.4, -0.2) is 97.5 Å². The molecule has 13 heteroatoms. The van der Waals surface area contributed by atoms with E-state index in [1.165, 1.54) is 0 Å². The van der Waals surface area contributed by atoms with Crippen molar-refractivity contribution in [3.05, 3.63) is 85.1 Å². The summed E-state index contributed by atoms with van der Waals surface area (Å²) in [6, 6.07) is 0. The summed E-state index contributed by atoms with van der Waals surface area (Å²) in [6.45, 7) is 3.57. The fourth-order valence-corrected chi connectivity index (χ4v) is 5.80.